The van der Waals surface area contributed by atoms with Crippen molar-refractivity contribution in [2.24, 2.45) is 5.92 Å². The number of hydrogen-bond acceptors (Lipinski definition) is 4. The number of nitrogens with one attached hydrogen (secondary N) is 1. The van der Waals surface area contributed by atoms with E-state index in [0.717, 1.165) is 26.1 Å². The van der Waals surface area contributed by atoms with Gasteiger partial charge in [0.2, 0.25) is 0 Å². The molecule has 1 aliphatic rings. The fraction of sp³-hybridized carbons (Fsp3) is 0.444. The molecule has 0 saturated carbocycles. The Kier molecular flexibility index (Phi) is 4.76. The van der Waals surface area contributed by atoms with Gasteiger partial charge < -0.3 is 9.73 Å². The third kappa shape index (κ3) is 3.79. The molecule has 0 spiro atoms. The maximum absolute atomic E-state index is 12.1. The lowest BCUT2D eigenvalue weighted by molar-refractivity contribution is 0.0941. The number of amides is 1. The highest BCUT2D eigenvalue weighted by molar-refractivity contribution is 5.93. The van der Waals surface area contributed by atoms with Gasteiger partial charge in [0.05, 0.1) is 0 Å². The Hall–Kier alpha value is -2.14. The first-order valence-corrected chi connectivity index (χ1v) is 8.08. The largest absolute Gasteiger partial charge is 0.448 e. The molecule has 5 heteroatoms. The van der Waals surface area contributed by atoms with Crippen molar-refractivity contribution < 1.29 is 9.21 Å². The molecule has 1 fully saturated rings. The lowest BCUT2D eigenvalue weighted by Gasteiger charge is -2.17. The lowest BCUT2D eigenvalue weighted by Crippen LogP contribution is -2.31. The van der Waals surface area contributed by atoms with Crippen molar-refractivity contribution in [3.63, 3.8) is 0 Å². The summed E-state index contributed by atoms with van der Waals surface area (Å²) in [4.78, 5) is 18.5. The maximum atomic E-state index is 12.1. The van der Waals surface area contributed by atoms with E-state index in [1.807, 2.05) is 0 Å². The highest BCUT2D eigenvalue weighted by atomic mass is 16.3. The number of aromatic nitrogens is 1. The number of rotatable bonds is 5. The average Bonchev–Trinajstić information content (AvgIpc) is 3.16. The van der Waals surface area contributed by atoms with Crippen LogP contribution in [0.1, 0.15) is 33.8 Å². The summed E-state index contributed by atoms with van der Waals surface area (Å²) in [6, 6.07) is 8.52. The first kappa shape index (κ1) is 15.7. The Balaban J connectivity index is 1.48. The van der Waals surface area contributed by atoms with Gasteiger partial charge in [0, 0.05) is 19.6 Å². The molecule has 23 heavy (non-hydrogen) atoms. The van der Waals surface area contributed by atoms with Crippen LogP contribution in [0, 0.1) is 19.8 Å². The number of benzene rings is 1. The Morgan fingerprint density at radius 1 is 1.39 bits per heavy atom. The first-order valence-electron chi connectivity index (χ1n) is 8.08. The zero-order valence-corrected chi connectivity index (χ0v) is 13.7. The van der Waals surface area contributed by atoms with Gasteiger partial charge in [-0.25, -0.2) is 4.98 Å². The Labute approximate surface area is 136 Å². The van der Waals surface area contributed by atoms with Crippen molar-refractivity contribution in [1.82, 2.24) is 15.2 Å². The molecule has 1 aromatic carbocycles. The van der Waals surface area contributed by atoms with Crippen LogP contribution in [0.2, 0.25) is 0 Å². The molecular weight excluding hydrogens is 290 g/mol. The average molecular weight is 313 g/mol. The number of hydrogen-bond donors (Lipinski definition) is 1. The molecule has 3 rings (SSSR count). The van der Waals surface area contributed by atoms with E-state index < -0.39 is 0 Å². The van der Waals surface area contributed by atoms with Gasteiger partial charge in [-0.1, -0.05) is 24.3 Å². The fourth-order valence-corrected chi connectivity index (χ4v) is 3.10. The minimum Gasteiger partial charge on any atom is -0.448 e. The van der Waals surface area contributed by atoms with Crippen LogP contribution in [0.5, 0.6) is 0 Å². The number of aryl methyl sites for hydroxylation is 2. The van der Waals surface area contributed by atoms with E-state index in [4.69, 9.17) is 4.42 Å². The molecule has 0 aliphatic carbocycles. The van der Waals surface area contributed by atoms with E-state index in [-0.39, 0.29) is 5.91 Å². The normalized spacial score (nSPS) is 18.3. The monoisotopic (exact) mass is 313 g/mol. The maximum Gasteiger partial charge on any atom is 0.273 e. The molecule has 0 unspecified atom stereocenters. The number of carbonyl (C=O) groups excluding carboxylic acids is 1. The van der Waals surface area contributed by atoms with Crippen LogP contribution >= 0.6 is 0 Å². The first-order chi connectivity index (χ1) is 11.1. The zero-order valence-electron chi connectivity index (χ0n) is 13.7. The third-order valence-electron chi connectivity index (χ3n) is 4.54. The van der Waals surface area contributed by atoms with Crippen molar-refractivity contribution in [3.8, 4) is 0 Å². The van der Waals surface area contributed by atoms with Gasteiger partial charge in [0.1, 0.15) is 5.76 Å². The summed E-state index contributed by atoms with van der Waals surface area (Å²) in [5.74, 6) is 0.916. The second-order valence-electron chi connectivity index (χ2n) is 6.28. The summed E-state index contributed by atoms with van der Waals surface area (Å²) in [7, 11) is 0. The van der Waals surface area contributed by atoms with Gasteiger partial charge in [0.15, 0.2) is 12.1 Å². The zero-order chi connectivity index (χ0) is 16.2. The van der Waals surface area contributed by atoms with E-state index in [1.165, 1.54) is 17.5 Å². The molecule has 1 aromatic heterocycles. The van der Waals surface area contributed by atoms with Crippen LogP contribution in [0.15, 0.2) is 35.1 Å². The molecule has 1 aliphatic heterocycles. The third-order valence-corrected chi connectivity index (χ3v) is 4.54. The van der Waals surface area contributed by atoms with Crippen LogP contribution in [0.3, 0.4) is 0 Å². The van der Waals surface area contributed by atoms with E-state index in [9.17, 15) is 4.79 Å². The summed E-state index contributed by atoms with van der Waals surface area (Å²) in [5, 5.41) is 2.98. The Morgan fingerprint density at radius 3 is 2.96 bits per heavy atom. The number of likely N-dealkylation sites (tertiary alicyclic amines) is 1. The number of nitrogens with zero attached hydrogens (tertiary/aromatic N) is 2. The molecule has 1 amide bonds. The molecule has 2 heterocycles. The minimum atomic E-state index is -0.145. The fourth-order valence-electron chi connectivity index (χ4n) is 3.10. The molecule has 1 saturated heterocycles. The van der Waals surface area contributed by atoms with Crippen molar-refractivity contribution in [1.29, 1.82) is 0 Å². The van der Waals surface area contributed by atoms with E-state index in [1.54, 1.807) is 6.92 Å². The summed E-state index contributed by atoms with van der Waals surface area (Å²) in [6.07, 6.45) is 2.42. The smallest absolute Gasteiger partial charge is 0.273 e. The van der Waals surface area contributed by atoms with Gasteiger partial charge >= 0.3 is 0 Å². The lowest BCUT2D eigenvalue weighted by atomic mass is 10.1. The molecule has 122 valence electrons. The van der Waals surface area contributed by atoms with E-state index in [0.29, 0.717) is 23.9 Å². The predicted molar refractivity (Wildman–Crippen MR) is 88.1 cm³/mol. The molecule has 1 N–H and O–H groups in total. The van der Waals surface area contributed by atoms with Crippen LogP contribution < -0.4 is 5.32 Å². The van der Waals surface area contributed by atoms with Crippen molar-refractivity contribution in [3.05, 3.63) is 53.2 Å². The molecule has 1 atom stereocenters. The Morgan fingerprint density at radius 2 is 2.22 bits per heavy atom. The molecular formula is C18H23N3O2. The van der Waals surface area contributed by atoms with Crippen molar-refractivity contribution in [2.45, 2.75) is 26.8 Å². The van der Waals surface area contributed by atoms with Gasteiger partial charge in [-0.3, -0.25) is 9.69 Å². The number of oxazole rings is 1. The standard InChI is InChI=1S/C18H23N3O2/c1-13-5-3-4-6-16(13)11-21-8-7-15(10-21)9-19-18(22)17-14(2)23-12-20-17/h3-6,12,15H,7-11H2,1-2H3,(H,19,22)/t15-/m0/s1. The van der Waals surface area contributed by atoms with Gasteiger partial charge in [0.25, 0.3) is 5.91 Å². The SMILES string of the molecule is Cc1ccccc1CN1CC[C@@H](CNC(=O)c2ncoc2C)C1. The van der Waals surface area contributed by atoms with Crippen LogP contribution in [0.25, 0.3) is 0 Å². The topological polar surface area (TPSA) is 58.4 Å². The highest BCUT2D eigenvalue weighted by Crippen LogP contribution is 2.19. The van der Waals surface area contributed by atoms with Gasteiger partial charge in [-0.15, -0.1) is 0 Å². The van der Waals surface area contributed by atoms with E-state index in [2.05, 4.69) is 46.4 Å². The van der Waals surface area contributed by atoms with Gasteiger partial charge in [-0.2, -0.15) is 0 Å². The second-order valence-corrected chi connectivity index (χ2v) is 6.28. The highest BCUT2D eigenvalue weighted by Gasteiger charge is 2.24. The van der Waals surface area contributed by atoms with Crippen molar-refractivity contribution in [2.75, 3.05) is 19.6 Å². The summed E-state index contributed by atoms with van der Waals surface area (Å²) in [6.45, 7) is 7.68. The summed E-state index contributed by atoms with van der Waals surface area (Å²) < 4.78 is 5.07. The minimum absolute atomic E-state index is 0.145. The van der Waals surface area contributed by atoms with Crippen LogP contribution in [-0.4, -0.2) is 35.4 Å². The van der Waals surface area contributed by atoms with E-state index >= 15 is 0 Å². The second kappa shape index (κ2) is 6.96. The molecule has 5 nitrogen and oxygen atoms in total. The number of carbonyl (C=O) groups is 1. The van der Waals surface area contributed by atoms with Crippen LogP contribution in [-0.2, 0) is 6.54 Å². The molecule has 0 radical (unpaired) electrons. The summed E-state index contributed by atoms with van der Waals surface area (Å²) >= 11 is 0. The molecule has 2 aromatic rings. The quantitative estimate of drug-likeness (QED) is 0.921. The molecule has 0 bridgehead atoms. The van der Waals surface area contributed by atoms with Gasteiger partial charge in [-0.05, 0) is 43.9 Å². The summed E-state index contributed by atoms with van der Waals surface area (Å²) in [5.41, 5.74) is 3.11. The Bertz CT molecular complexity index is 680. The van der Waals surface area contributed by atoms with Crippen LogP contribution in [0.4, 0.5) is 0 Å². The predicted octanol–water partition coefficient (Wildman–Crippen LogP) is 2.54. The van der Waals surface area contributed by atoms with Crippen molar-refractivity contribution >= 4 is 5.91 Å².